The van der Waals surface area contributed by atoms with Gasteiger partial charge in [0.1, 0.15) is 0 Å². The van der Waals surface area contributed by atoms with Crippen molar-refractivity contribution >= 4 is 35.6 Å². The van der Waals surface area contributed by atoms with Crippen LogP contribution in [0.5, 0.6) is 0 Å². The monoisotopic (exact) mass is 462 g/mol. The molecule has 1 aliphatic heterocycles. The van der Waals surface area contributed by atoms with Crippen molar-refractivity contribution in [2.75, 3.05) is 71.1 Å². The van der Waals surface area contributed by atoms with Crippen LogP contribution >= 0.6 is 24.0 Å². The summed E-state index contributed by atoms with van der Waals surface area (Å²) in [7, 11) is 1.68. The highest BCUT2D eigenvalue weighted by Crippen LogP contribution is 2.15. The number of benzene rings is 1. The number of anilines is 1. The summed E-state index contributed by atoms with van der Waals surface area (Å²) in [5.41, 5.74) is 1.30. The van der Waals surface area contributed by atoms with Gasteiger partial charge in [-0.3, -0.25) is 4.99 Å². The summed E-state index contributed by atoms with van der Waals surface area (Å²) in [5, 5.41) is 3.39. The quantitative estimate of drug-likeness (QED) is 0.278. The summed E-state index contributed by atoms with van der Waals surface area (Å²) in [6, 6.07) is 10.6. The average Bonchev–Trinajstić information content (AvgIpc) is 2.64. The minimum absolute atomic E-state index is 0. The largest absolute Gasteiger partial charge is 0.382 e. The molecule has 7 heteroatoms. The highest BCUT2D eigenvalue weighted by atomic mass is 127. The molecular weight excluding hydrogens is 431 g/mol. The van der Waals surface area contributed by atoms with E-state index in [2.05, 4.69) is 57.4 Å². The van der Waals surface area contributed by atoms with Crippen molar-refractivity contribution in [1.82, 2.24) is 10.2 Å². The fourth-order valence-electron chi connectivity index (χ4n) is 2.70. The molecule has 1 aliphatic rings. The van der Waals surface area contributed by atoms with Gasteiger partial charge in [0.2, 0.25) is 0 Å². The topological polar surface area (TPSA) is 49.3 Å². The normalized spacial score (nSPS) is 15.0. The first-order chi connectivity index (χ1) is 11.8. The first-order valence-electron chi connectivity index (χ1n) is 8.75. The van der Waals surface area contributed by atoms with Gasteiger partial charge in [-0.05, 0) is 19.1 Å². The molecular formula is C18H31IN4O2. The second kappa shape index (κ2) is 13.2. The Morgan fingerprint density at radius 3 is 2.44 bits per heavy atom. The smallest absolute Gasteiger partial charge is 0.194 e. The average molecular weight is 462 g/mol. The number of hydrogen-bond donors (Lipinski definition) is 1. The van der Waals surface area contributed by atoms with Gasteiger partial charge >= 0.3 is 0 Å². The Morgan fingerprint density at radius 2 is 1.80 bits per heavy atom. The Morgan fingerprint density at radius 1 is 1.08 bits per heavy atom. The third-order valence-corrected chi connectivity index (χ3v) is 3.96. The number of hydrogen-bond acceptors (Lipinski definition) is 4. The Hall–Kier alpha value is -1.06. The fraction of sp³-hybridized carbons (Fsp3) is 0.611. The molecule has 1 heterocycles. The van der Waals surface area contributed by atoms with E-state index in [0.29, 0.717) is 26.4 Å². The number of aliphatic imine (C=N–C) groups is 1. The minimum atomic E-state index is 0. The maximum atomic E-state index is 5.48. The zero-order valence-electron chi connectivity index (χ0n) is 15.3. The lowest BCUT2D eigenvalue weighted by atomic mass is 10.2. The second-order valence-corrected chi connectivity index (χ2v) is 5.65. The predicted molar refractivity (Wildman–Crippen MR) is 114 cm³/mol. The van der Waals surface area contributed by atoms with Gasteiger partial charge in [-0.25, -0.2) is 0 Å². The molecule has 0 aliphatic carbocycles. The minimum Gasteiger partial charge on any atom is -0.382 e. The summed E-state index contributed by atoms with van der Waals surface area (Å²) in [5.74, 6) is 0.987. The lowest BCUT2D eigenvalue weighted by Crippen LogP contribution is -2.52. The van der Waals surface area contributed by atoms with Crippen molar-refractivity contribution in [3.8, 4) is 0 Å². The molecule has 0 atom stereocenters. The van der Waals surface area contributed by atoms with Gasteiger partial charge in [-0.15, -0.1) is 24.0 Å². The number of piperazine rings is 1. The van der Waals surface area contributed by atoms with Crippen LogP contribution in [-0.4, -0.2) is 77.1 Å². The zero-order chi connectivity index (χ0) is 17.0. The number of nitrogens with zero attached hydrogens (tertiary/aromatic N) is 3. The van der Waals surface area contributed by atoms with Crippen molar-refractivity contribution in [1.29, 1.82) is 0 Å². The van der Waals surface area contributed by atoms with Crippen LogP contribution in [0.25, 0.3) is 0 Å². The van der Waals surface area contributed by atoms with Gasteiger partial charge in [-0.1, -0.05) is 18.2 Å². The van der Waals surface area contributed by atoms with Crippen LogP contribution < -0.4 is 10.2 Å². The van der Waals surface area contributed by atoms with Crippen LogP contribution in [0, 0.1) is 0 Å². The van der Waals surface area contributed by atoms with Crippen LogP contribution in [0.3, 0.4) is 0 Å². The first kappa shape index (κ1) is 22.0. The van der Waals surface area contributed by atoms with E-state index in [0.717, 1.165) is 38.7 Å². The molecule has 1 fully saturated rings. The predicted octanol–water partition coefficient (Wildman–Crippen LogP) is 2.06. The summed E-state index contributed by atoms with van der Waals surface area (Å²) in [6.07, 6.45) is 0. The molecule has 25 heavy (non-hydrogen) atoms. The van der Waals surface area contributed by atoms with Crippen LogP contribution in [0.1, 0.15) is 6.92 Å². The third kappa shape index (κ3) is 7.79. The number of nitrogens with one attached hydrogen (secondary N) is 1. The molecule has 0 unspecified atom stereocenters. The van der Waals surface area contributed by atoms with Crippen molar-refractivity contribution < 1.29 is 9.47 Å². The number of ether oxygens (including phenoxy) is 2. The summed E-state index contributed by atoms with van der Waals surface area (Å²) in [4.78, 5) is 9.44. The van der Waals surface area contributed by atoms with Gasteiger partial charge < -0.3 is 24.6 Å². The standard InChI is InChI=1S/C18H30N4O2.HI/c1-3-19-18(20-9-14-24-16-15-23-2)22-12-10-21(11-13-22)17-7-5-4-6-8-17;/h4-8H,3,9-16H2,1-2H3,(H,19,20);1H. The van der Waals surface area contributed by atoms with E-state index < -0.39 is 0 Å². The first-order valence-corrected chi connectivity index (χ1v) is 8.75. The van der Waals surface area contributed by atoms with Crippen molar-refractivity contribution in [2.24, 2.45) is 4.99 Å². The molecule has 0 amide bonds. The van der Waals surface area contributed by atoms with Crippen LogP contribution in [0.4, 0.5) is 5.69 Å². The van der Waals surface area contributed by atoms with Crippen molar-refractivity contribution in [3.05, 3.63) is 30.3 Å². The van der Waals surface area contributed by atoms with Crippen molar-refractivity contribution in [2.45, 2.75) is 6.92 Å². The number of halogens is 1. The van der Waals surface area contributed by atoms with E-state index in [9.17, 15) is 0 Å². The molecule has 0 saturated carbocycles. The van der Waals surface area contributed by atoms with Gasteiger partial charge in [-0.2, -0.15) is 0 Å². The molecule has 0 spiro atoms. The highest BCUT2D eigenvalue weighted by molar-refractivity contribution is 14.0. The molecule has 0 aromatic heterocycles. The van der Waals surface area contributed by atoms with Crippen LogP contribution in [0.2, 0.25) is 0 Å². The van der Waals surface area contributed by atoms with Crippen LogP contribution in [-0.2, 0) is 9.47 Å². The van der Waals surface area contributed by atoms with Gasteiger partial charge in [0.15, 0.2) is 5.96 Å². The lowest BCUT2D eigenvalue weighted by molar-refractivity contribution is 0.0747. The molecule has 6 nitrogen and oxygen atoms in total. The Bertz CT molecular complexity index is 479. The summed E-state index contributed by atoms with van der Waals surface area (Å²) < 4.78 is 10.4. The van der Waals surface area contributed by atoms with Gasteiger partial charge in [0, 0.05) is 45.5 Å². The van der Waals surface area contributed by atoms with E-state index in [1.54, 1.807) is 7.11 Å². The van der Waals surface area contributed by atoms with Crippen molar-refractivity contribution in [3.63, 3.8) is 0 Å². The number of methoxy groups -OCH3 is 1. The fourth-order valence-corrected chi connectivity index (χ4v) is 2.70. The van der Waals surface area contributed by atoms with E-state index in [1.807, 2.05) is 0 Å². The molecule has 1 saturated heterocycles. The van der Waals surface area contributed by atoms with Gasteiger partial charge in [0.05, 0.1) is 26.4 Å². The Balaban J connectivity index is 0.00000312. The van der Waals surface area contributed by atoms with Gasteiger partial charge in [0.25, 0.3) is 0 Å². The Kier molecular flexibility index (Phi) is 11.6. The maximum Gasteiger partial charge on any atom is 0.194 e. The summed E-state index contributed by atoms with van der Waals surface area (Å²) in [6.45, 7) is 9.51. The second-order valence-electron chi connectivity index (χ2n) is 5.65. The lowest BCUT2D eigenvalue weighted by Gasteiger charge is -2.37. The third-order valence-electron chi connectivity index (χ3n) is 3.96. The van der Waals surface area contributed by atoms with E-state index in [4.69, 9.17) is 9.47 Å². The van der Waals surface area contributed by atoms with E-state index in [1.165, 1.54) is 5.69 Å². The molecule has 2 rings (SSSR count). The number of para-hydroxylation sites is 1. The SMILES string of the molecule is CCNC(=NCCOCCOC)N1CCN(c2ccccc2)CC1.I. The molecule has 1 aromatic rings. The maximum absolute atomic E-state index is 5.48. The van der Waals surface area contributed by atoms with E-state index >= 15 is 0 Å². The molecule has 142 valence electrons. The number of rotatable bonds is 8. The molecule has 1 N–H and O–H groups in total. The molecule has 0 bridgehead atoms. The number of guanidine groups is 1. The highest BCUT2D eigenvalue weighted by Gasteiger charge is 2.19. The molecule has 0 radical (unpaired) electrons. The zero-order valence-corrected chi connectivity index (χ0v) is 17.6. The molecule has 1 aromatic carbocycles. The van der Waals surface area contributed by atoms with Crippen LogP contribution in [0.15, 0.2) is 35.3 Å². The summed E-state index contributed by atoms with van der Waals surface area (Å²) >= 11 is 0. The Labute approximate surface area is 168 Å². The van der Waals surface area contributed by atoms with E-state index in [-0.39, 0.29) is 24.0 Å².